The first-order valence-electron chi connectivity index (χ1n) is 13.7. The van der Waals surface area contributed by atoms with E-state index in [4.69, 9.17) is 9.97 Å². The summed E-state index contributed by atoms with van der Waals surface area (Å²) in [6.45, 7) is 4.10. The van der Waals surface area contributed by atoms with Gasteiger partial charge in [0, 0.05) is 17.9 Å². The highest BCUT2D eigenvalue weighted by Gasteiger charge is 2.25. The summed E-state index contributed by atoms with van der Waals surface area (Å²) in [6, 6.07) is 13.0. The van der Waals surface area contributed by atoms with Crippen molar-refractivity contribution in [1.82, 2.24) is 29.2 Å². The Hall–Kier alpha value is -3.82. The molecule has 6 rings (SSSR count). The van der Waals surface area contributed by atoms with E-state index in [2.05, 4.69) is 60.1 Å². The van der Waals surface area contributed by atoms with Gasteiger partial charge in [0.05, 0.1) is 18.3 Å². The monoisotopic (exact) mass is 525 g/mol. The van der Waals surface area contributed by atoms with E-state index in [0.717, 1.165) is 17.7 Å². The molecule has 0 amide bonds. The summed E-state index contributed by atoms with van der Waals surface area (Å²) < 4.78 is 3.25. The Morgan fingerprint density at radius 1 is 1.08 bits per heavy atom. The molecular formula is C30H35N7O2. The first-order chi connectivity index (χ1) is 18.9. The van der Waals surface area contributed by atoms with Gasteiger partial charge < -0.3 is 15.3 Å². The topological polar surface area (TPSA) is 101 Å². The number of aryl methyl sites for hydroxylation is 1. The second-order valence-electron chi connectivity index (χ2n) is 10.9. The average molecular weight is 526 g/mol. The Morgan fingerprint density at radius 2 is 1.85 bits per heavy atom. The predicted octanol–water partition coefficient (Wildman–Crippen LogP) is 4.47. The van der Waals surface area contributed by atoms with E-state index in [-0.39, 0.29) is 12.1 Å². The third kappa shape index (κ3) is 4.77. The molecule has 0 saturated heterocycles. The molecule has 4 aromatic rings. The Morgan fingerprint density at radius 3 is 2.56 bits per heavy atom. The molecule has 1 saturated carbocycles. The number of aliphatic hydroxyl groups excluding tert-OH is 1. The molecule has 1 fully saturated rings. The molecule has 3 heterocycles. The number of fused-ring (bicyclic) bond motifs is 2. The molecule has 39 heavy (non-hydrogen) atoms. The normalized spacial score (nSPS) is 20.9. The maximum absolute atomic E-state index is 13.2. The predicted molar refractivity (Wildman–Crippen MR) is 153 cm³/mol. The Kier molecular flexibility index (Phi) is 6.78. The molecule has 0 spiro atoms. The zero-order chi connectivity index (χ0) is 27.1. The van der Waals surface area contributed by atoms with Gasteiger partial charge in [0.1, 0.15) is 5.39 Å². The molecule has 2 N–H and O–H groups in total. The fourth-order valence-corrected chi connectivity index (χ4v) is 6.04. The van der Waals surface area contributed by atoms with Crippen LogP contribution in [0, 0.1) is 0 Å². The molecule has 202 valence electrons. The van der Waals surface area contributed by atoms with E-state index in [1.54, 1.807) is 21.6 Å². The third-order valence-electron chi connectivity index (χ3n) is 8.26. The molecule has 0 aliphatic heterocycles. The number of nitrogens with one attached hydrogen (secondary N) is 1. The van der Waals surface area contributed by atoms with Crippen molar-refractivity contribution in [2.24, 2.45) is 0 Å². The lowest BCUT2D eigenvalue weighted by atomic mass is 9.81. The van der Waals surface area contributed by atoms with Gasteiger partial charge in [-0.3, -0.25) is 4.79 Å². The fraction of sp³-hybridized carbons (Fsp3) is 0.400. The molecule has 9 nitrogen and oxygen atoms in total. The largest absolute Gasteiger partial charge is 0.387 e. The zero-order valence-corrected chi connectivity index (χ0v) is 22.5. The van der Waals surface area contributed by atoms with E-state index >= 15 is 0 Å². The molecule has 2 aliphatic carbocycles. The highest BCUT2D eigenvalue weighted by molar-refractivity contribution is 5.77. The van der Waals surface area contributed by atoms with Crippen LogP contribution in [0.2, 0.25) is 0 Å². The van der Waals surface area contributed by atoms with Crippen molar-refractivity contribution in [3.05, 3.63) is 82.4 Å². The summed E-state index contributed by atoms with van der Waals surface area (Å²) in [5, 5.41) is 14.1. The van der Waals surface area contributed by atoms with Gasteiger partial charge in [0.15, 0.2) is 11.5 Å². The van der Waals surface area contributed by atoms with Gasteiger partial charge in [-0.05, 0) is 87.9 Å². The van der Waals surface area contributed by atoms with Crippen molar-refractivity contribution >= 4 is 22.7 Å². The van der Waals surface area contributed by atoms with Gasteiger partial charge in [0.2, 0.25) is 5.95 Å². The van der Waals surface area contributed by atoms with E-state index < -0.39 is 6.10 Å². The number of aromatic nitrogens is 5. The summed E-state index contributed by atoms with van der Waals surface area (Å²) in [5.41, 5.74) is 4.19. The molecule has 0 radical (unpaired) electrons. The molecule has 1 atom stereocenters. The lowest BCUT2D eigenvalue weighted by Crippen LogP contribution is -2.31. The van der Waals surface area contributed by atoms with Crippen LogP contribution in [-0.2, 0) is 13.0 Å². The molecule has 0 bridgehead atoms. The van der Waals surface area contributed by atoms with Crippen molar-refractivity contribution < 1.29 is 5.11 Å². The minimum atomic E-state index is -0.598. The van der Waals surface area contributed by atoms with Crippen molar-refractivity contribution in [3.63, 3.8) is 0 Å². The van der Waals surface area contributed by atoms with Gasteiger partial charge in [-0.1, -0.05) is 24.3 Å². The third-order valence-corrected chi connectivity index (χ3v) is 8.26. The fourth-order valence-electron chi connectivity index (χ4n) is 6.04. The van der Waals surface area contributed by atoms with Crippen molar-refractivity contribution in [3.8, 4) is 5.82 Å². The zero-order valence-electron chi connectivity index (χ0n) is 22.5. The number of rotatable bonds is 7. The van der Waals surface area contributed by atoms with Gasteiger partial charge in [-0.15, -0.1) is 6.58 Å². The number of hydrogen-bond acceptors (Lipinski definition) is 7. The second kappa shape index (κ2) is 10.4. The van der Waals surface area contributed by atoms with Crippen LogP contribution in [0.15, 0.2) is 60.0 Å². The van der Waals surface area contributed by atoms with Crippen molar-refractivity contribution in [2.45, 2.75) is 63.1 Å². The Balaban J connectivity index is 1.29. The minimum Gasteiger partial charge on any atom is -0.387 e. The van der Waals surface area contributed by atoms with Crippen molar-refractivity contribution in [2.75, 3.05) is 19.4 Å². The van der Waals surface area contributed by atoms with E-state index in [1.807, 2.05) is 12.1 Å². The van der Waals surface area contributed by atoms with Gasteiger partial charge >= 0.3 is 0 Å². The SMILES string of the molecule is C=CCn1c(=O)c2cnc(Nc3ccc([C@H]4CC[C@@H](N(C)C)CC4)cc3)nc2n1-c1ccc2c(n1)C(O)CC2. The molecule has 1 unspecified atom stereocenters. The minimum absolute atomic E-state index is 0.215. The lowest BCUT2D eigenvalue weighted by Gasteiger charge is -2.32. The van der Waals surface area contributed by atoms with Crippen LogP contribution in [0.1, 0.15) is 60.9 Å². The quantitative estimate of drug-likeness (QED) is 0.343. The Labute approximate surface area is 227 Å². The summed E-state index contributed by atoms with van der Waals surface area (Å²) in [5.74, 6) is 1.52. The number of aliphatic hydroxyl groups is 1. The van der Waals surface area contributed by atoms with Crippen LogP contribution >= 0.6 is 0 Å². The van der Waals surface area contributed by atoms with Crippen LogP contribution in [0.5, 0.6) is 0 Å². The summed E-state index contributed by atoms with van der Waals surface area (Å²) >= 11 is 0. The molecule has 2 aliphatic rings. The number of nitrogens with zero attached hydrogens (tertiary/aromatic N) is 6. The number of allylic oxidation sites excluding steroid dienone is 1. The molecule has 9 heteroatoms. The van der Waals surface area contributed by atoms with Gasteiger partial charge in [0.25, 0.3) is 5.56 Å². The maximum atomic E-state index is 13.2. The molecule has 3 aromatic heterocycles. The first kappa shape index (κ1) is 25.5. The summed E-state index contributed by atoms with van der Waals surface area (Å²) in [6.07, 6.45) is 8.96. The maximum Gasteiger partial charge on any atom is 0.278 e. The Bertz CT molecular complexity index is 1560. The summed E-state index contributed by atoms with van der Waals surface area (Å²) in [4.78, 5) is 29.5. The average Bonchev–Trinajstić information content (AvgIpc) is 3.45. The van der Waals surface area contributed by atoms with Gasteiger partial charge in [-0.25, -0.2) is 19.3 Å². The number of anilines is 2. The highest BCUT2D eigenvalue weighted by atomic mass is 16.3. The van der Waals surface area contributed by atoms with Crippen LogP contribution < -0.4 is 10.9 Å². The molecular weight excluding hydrogens is 490 g/mol. The van der Waals surface area contributed by atoms with Crippen LogP contribution in [0.4, 0.5) is 11.6 Å². The number of benzene rings is 1. The second-order valence-corrected chi connectivity index (χ2v) is 10.9. The lowest BCUT2D eigenvalue weighted by molar-refractivity contribution is 0.175. The molecule has 1 aromatic carbocycles. The standard InChI is InChI=1S/C30H35N7O2/c1-4-17-36-29(39)24-18-31-30(34-28(24)37(36)26-16-10-21-9-15-25(38)27(21)33-26)32-22-11-5-19(6-12-22)20-7-13-23(14-8-20)35(2)3/h4-6,10-12,16,18,20,23,25,38H,1,7-9,13-15,17H2,2-3H3,(H,31,32,34)/t20-,23+,25?. The van der Waals surface area contributed by atoms with E-state index in [1.165, 1.54) is 31.2 Å². The smallest absolute Gasteiger partial charge is 0.278 e. The number of hydrogen-bond donors (Lipinski definition) is 2. The van der Waals surface area contributed by atoms with E-state index in [0.29, 0.717) is 46.9 Å². The van der Waals surface area contributed by atoms with Gasteiger partial charge in [-0.2, -0.15) is 4.98 Å². The van der Waals surface area contributed by atoms with Crippen LogP contribution in [-0.4, -0.2) is 54.5 Å². The van der Waals surface area contributed by atoms with Crippen molar-refractivity contribution in [1.29, 1.82) is 0 Å². The van der Waals surface area contributed by atoms with Crippen LogP contribution in [0.3, 0.4) is 0 Å². The summed E-state index contributed by atoms with van der Waals surface area (Å²) in [7, 11) is 4.34. The first-order valence-corrected chi connectivity index (χ1v) is 13.7. The van der Waals surface area contributed by atoms with E-state index in [9.17, 15) is 9.90 Å². The number of pyridine rings is 1. The van der Waals surface area contributed by atoms with Crippen LogP contribution in [0.25, 0.3) is 16.9 Å². The highest BCUT2D eigenvalue weighted by Crippen LogP contribution is 2.35.